The van der Waals surface area contributed by atoms with Gasteiger partial charge in [0.25, 0.3) is 0 Å². The first-order valence-electron chi connectivity index (χ1n) is 5.97. The van der Waals surface area contributed by atoms with Gasteiger partial charge in [0, 0.05) is 14.2 Å². The van der Waals surface area contributed by atoms with Gasteiger partial charge in [0.15, 0.2) is 6.29 Å². The van der Waals surface area contributed by atoms with Gasteiger partial charge in [0.1, 0.15) is 11.4 Å². The summed E-state index contributed by atoms with van der Waals surface area (Å²) in [7, 11) is 2.99. The average Bonchev–Trinajstić information content (AvgIpc) is 2.29. The van der Waals surface area contributed by atoms with Gasteiger partial charge in [0.2, 0.25) is 0 Å². The minimum absolute atomic E-state index is 0.0887. The largest absolute Gasteiger partial charge is 0.491 e. The molecule has 1 unspecified atom stereocenters. The van der Waals surface area contributed by atoms with Crippen molar-refractivity contribution in [3.63, 3.8) is 0 Å². The van der Waals surface area contributed by atoms with Gasteiger partial charge in [-0.1, -0.05) is 12.1 Å². The molecule has 18 heavy (non-hydrogen) atoms. The molecule has 1 N–H and O–H groups in total. The molecule has 4 heteroatoms. The number of benzene rings is 1. The van der Waals surface area contributed by atoms with Gasteiger partial charge in [-0.3, -0.25) is 0 Å². The SMILES string of the molecule is COC(OC)C(C)(O)c1cccc(OC(C)C)c1. The third-order valence-electron chi connectivity index (χ3n) is 2.68. The Hall–Kier alpha value is -1.10. The summed E-state index contributed by atoms with van der Waals surface area (Å²) >= 11 is 0. The zero-order chi connectivity index (χ0) is 13.8. The standard InChI is InChI=1S/C14H22O4/c1-10(2)18-12-8-6-7-11(9-12)14(3,15)13(16-4)17-5/h6-10,13,15H,1-5H3. The molecule has 102 valence electrons. The van der Waals surface area contributed by atoms with Gasteiger partial charge in [-0.25, -0.2) is 0 Å². The molecule has 1 aromatic carbocycles. The van der Waals surface area contributed by atoms with E-state index < -0.39 is 11.9 Å². The lowest BCUT2D eigenvalue weighted by Gasteiger charge is -2.31. The fraction of sp³-hybridized carbons (Fsp3) is 0.571. The number of hydrogen-bond acceptors (Lipinski definition) is 4. The molecule has 0 saturated carbocycles. The van der Waals surface area contributed by atoms with Crippen LogP contribution in [0.5, 0.6) is 5.75 Å². The maximum Gasteiger partial charge on any atom is 0.189 e. The van der Waals surface area contributed by atoms with Crippen LogP contribution in [0.25, 0.3) is 0 Å². The molecule has 0 spiro atoms. The highest BCUT2D eigenvalue weighted by Gasteiger charge is 2.34. The lowest BCUT2D eigenvalue weighted by atomic mass is 9.95. The third-order valence-corrected chi connectivity index (χ3v) is 2.68. The maximum absolute atomic E-state index is 10.5. The highest BCUT2D eigenvalue weighted by Crippen LogP contribution is 2.29. The van der Waals surface area contributed by atoms with E-state index in [-0.39, 0.29) is 6.10 Å². The summed E-state index contributed by atoms with van der Waals surface area (Å²) in [4.78, 5) is 0. The second kappa shape index (κ2) is 6.18. The van der Waals surface area contributed by atoms with E-state index in [1.807, 2.05) is 32.0 Å². The molecule has 0 amide bonds. The van der Waals surface area contributed by atoms with E-state index in [1.165, 1.54) is 14.2 Å². The number of rotatable bonds is 6. The van der Waals surface area contributed by atoms with Crippen molar-refractivity contribution < 1.29 is 19.3 Å². The third kappa shape index (κ3) is 3.45. The molecular weight excluding hydrogens is 232 g/mol. The van der Waals surface area contributed by atoms with Crippen LogP contribution in [0, 0.1) is 0 Å². The topological polar surface area (TPSA) is 47.9 Å². The Bertz CT molecular complexity index is 370. The van der Waals surface area contributed by atoms with Crippen molar-refractivity contribution in [2.24, 2.45) is 0 Å². The van der Waals surface area contributed by atoms with Gasteiger partial charge in [0.05, 0.1) is 6.10 Å². The van der Waals surface area contributed by atoms with Crippen molar-refractivity contribution in [1.29, 1.82) is 0 Å². The van der Waals surface area contributed by atoms with E-state index in [9.17, 15) is 5.11 Å². The van der Waals surface area contributed by atoms with Crippen molar-refractivity contribution in [3.8, 4) is 5.75 Å². The Morgan fingerprint density at radius 2 is 1.78 bits per heavy atom. The summed E-state index contributed by atoms with van der Waals surface area (Å²) in [5.74, 6) is 0.716. The summed E-state index contributed by atoms with van der Waals surface area (Å²) < 4.78 is 15.9. The first kappa shape index (κ1) is 15.0. The molecule has 0 aliphatic carbocycles. The van der Waals surface area contributed by atoms with Crippen LogP contribution < -0.4 is 4.74 Å². The predicted octanol–water partition coefficient (Wildman–Crippen LogP) is 2.30. The molecular formula is C14H22O4. The minimum Gasteiger partial charge on any atom is -0.491 e. The van der Waals surface area contributed by atoms with Crippen molar-refractivity contribution in [3.05, 3.63) is 29.8 Å². The number of hydrogen-bond donors (Lipinski definition) is 1. The van der Waals surface area contributed by atoms with E-state index in [0.29, 0.717) is 11.3 Å². The maximum atomic E-state index is 10.5. The quantitative estimate of drug-likeness (QED) is 0.791. The molecule has 0 saturated heterocycles. The lowest BCUT2D eigenvalue weighted by Crippen LogP contribution is -2.39. The molecule has 0 bridgehead atoms. The summed E-state index contributed by atoms with van der Waals surface area (Å²) in [6.45, 7) is 5.56. The summed E-state index contributed by atoms with van der Waals surface area (Å²) in [6.07, 6.45) is -0.641. The van der Waals surface area contributed by atoms with E-state index in [1.54, 1.807) is 13.0 Å². The second-order valence-corrected chi connectivity index (χ2v) is 4.65. The van der Waals surface area contributed by atoms with Crippen LogP contribution in [-0.4, -0.2) is 31.7 Å². The summed E-state index contributed by atoms with van der Waals surface area (Å²) in [5.41, 5.74) is -0.547. The van der Waals surface area contributed by atoms with Crippen LogP contribution in [0.2, 0.25) is 0 Å². The Kier molecular flexibility index (Phi) is 5.14. The molecule has 1 aromatic rings. The Labute approximate surface area is 108 Å². The van der Waals surface area contributed by atoms with Gasteiger partial charge in [-0.15, -0.1) is 0 Å². The molecule has 0 radical (unpaired) electrons. The molecule has 0 aliphatic heterocycles. The fourth-order valence-corrected chi connectivity index (χ4v) is 1.85. The van der Waals surface area contributed by atoms with Crippen LogP contribution in [0.15, 0.2) is 24.3 Å². The zero-order valence-electron chi connectivity index (χ0n) is 11.6. The zero-order valence-corrected chi connectivity index (χ0v) is 11.6. The lowest BCUT2D eigenvalue weighted by molar-refractivity contribution is -0.213. The minimum atomic E-state index is -1.24. The van der Waals surface area contributed by atoms with Crippen LogP contribution in [0.3, 0.4) is 0 Å². The Balaban J connectivity index is 3.01. The fourth-order valence-electron chi connectivity index (χ4n) is 1.85. The molecule has 1 atom stereocenters. The first-order chi connectivity index (χ1) is 8.41. The van der Waals surface area contributed by atoms with E-state index >= 15 is 0 Å². The van der Waals surface area contributed by atoms with E-state index in [0.717, 1.165) is 0 Å². The van der Waals surface area contributed by atoms with Gasteiger partial charge in [-0.2, -0.15) is 0 Å². The predicted molar refractivity (Wildman–Crippen MR) is 69.6 cm³/mol. The summed E-state index contributed by atoms with van der Waals surface area (Å²) in [5, 5.41) is 10.5. The normalized spacial score (nSPS) is 14.9. The van der Waals surface area contributed by atoms with Gasteiger partial charge in [-0.05, 0) is 38.5 Å². The number of aliphatic hydroxyl groups is 1. The van der Waals surface area contributed by atoms with Gasteiger partial charge < -0.3 is 19.3 Å². The van der Waals surface area contributed by atoms with Crippen LogP contribution in [0.1, 0.15) is 26.3 Å². The Morgan fingerprint density at radius 1 is 1.17 bits per heavy atom. The van der Waals surface area contributed by atoms with E-state index in [4.69, 9.17) is 14.2 Å². The number of methoxy groups -OCH3 is 2. The molecule has 0 aromatic heterocycles. The van der Waals surface area contributed by atoms with Crippen LogP contribution in [-0.2, 0) is 15.1 Å². The molecule has 0 fully saturated rings. The van der Waals surface area contributed by atoms with Crippen molar-refractivity contribution in [2.45, 2.75) is 38.8 Å². The van der Waals surface area contributed by atoms with Crippen molar-refractivity contribution in [2.75, 3.05) is 14.2 Å². The first-order valence-corrected chi connectivity index (χ1v) is 5.97. The summed E-state index contributed by atoms with van der Waals surface area (Å²) in [6, 6.07) is 7.31. The average molecular weight is 254 g/mol. The smallest absolute Gasteiger partial charge is 0.189 e. The van der Waals surface area contributed by atoms with Crippen molar-refractivity contribution in [1.82, 2.24) is 0 Å². The second-order valence-electron chi connectivity index (χ2n) is 4.65. The Morgan fingerprint density at radius 3 is 2.28 bits per heavy atom. The van der Waals surface area contributed by atoms with Crippen LogP contribution >= 0.6 is 0 Å². The molecule has 0 aliphatic rings. The van der Waals surface area contributed by atoms with Crippen molar-refractivity contribution >= 4 is 0 Å². The van der Waals surface area contributed by atoms with Gasteiger partial charge >= 0.3 is 0 Å². The highest BCUT2D eigenvalue weighted by atomic mass is 16.7. The van der Waals surface area contributed by atoms with Crippen LogP contribution in [0.4, 0.5) is 0 Å². The monoisotopic (exact) mass is 254 g/mol. The molecule has 0 heterocycles. The van der Waals surface area contributed by atoms with E-state index in [2.05, 4.69) is 0 Å². The molecule has 4 nitrogen and oxygen atoms in total. The number of ether oxygens (including phenoxy) is 3. The molecule has 1 rings (SSSR count). The highest BCUT2D eigenvalue weighted by molar-refractivity contribution is 5.32.